The highest BCUT2D eigenvalue weighted by molar-refractivity contribution is 5.85. The first-order valence-corrected chi connectivity index (χ1v) is 7.05. The van der Waals surface area contributed by atoms with E-state index in [2.05, 4.69) is 19.2 Å². The summed E-state index contributed by atoms with van der Waals surface area (Å²) in [6, 6.07) is 6.02. The predicted molar refractivity (Wildman–Crippen MR) is 89.2 cm³/mol. The van der Waals surface area contributed by atoms with Crippen molar-refractivity contribution >= 4 is 18.3 Å². The summed E-state index contributed by atoms with van der Waals surface area (Å²) in [6.45, 7) is 8.93. The molecule has 0 fully saturated rings. The average molecular weight is 315 g/mol. The Kier molecular flexibility index (Phi) is 8.37. The summed E-state index contributed by atoms with van der Waals surface area (Å²) < 4.78 is 5.64. The van der Waals surface area contributed by atoms with Gasteiger partial charge in [0.15, 0.2) is 0 Å². The lowest BCUT2D eigenvalue weighted by atomic mass is 10.1. The summed E-state index contributed by atoms with van der Waals surface area (Å²) in [5.41, 5.74) is 7.69. The van der Waals surface area contributed by atoms with Crippen molar-refractivity contribution in [3.8, 4) is 5.75 Å². The molecule has 1 rings (SSSR count). The summed E-state index contributed by atoms with van der Waals surface area (Å²) >= 11 is 0. The maximum Gasteiger partial charge on any atom is 0.220 e. The molecule has 0 bridgehead atoms. The Hall–Kier alpha value is -1.26. The Labute approximate surface area is 133 Å². The van der Waals surface area contributed by atoms with Crippen molar-refractivity contribution in [2.45, 2.75) is 46.1 Å². The first kappa shape index (κ1) is 19.7. The van der Waals surface area contributed by atoms with E-state index in [9.17, 15) is 4.79 Å². The Morgan fingerprint density at radius 1 is 1.29 bits per heavy atom. The van der Waals surface area contributed by atoms with Crippen molar-refractivity contribution < 1.29 is 9.53 Å². The number of nitrogens with one attached hydrogen (secondary N) is 1. The number of amides is 1. The molecule has 0 spiro atoms. The highest BCUT2D eigenvalue weighted by Gasteiger charge is 2.17. The third kappa shape index (κ3) is 7.34. The number of hydrogen-bond donors (Lipinski definition) is 2. The molecule has 0 aliphatic rings. The molecule has 3 N–H and O–H groups in total. The number of benzene rings is 1. The minimum atomic E-state index is -0.341. The SMILES string of the molecule is Cc1ccc(OCCCC(=O)NC(C)(C)CN)cc1C.Cl. The van der Waals surface area contributed by atoms with Crippen molar-refractivity contribution in [3.63, 3.8) is 0 Å². The van der Waals surface area contributed by atoms with E-state index in [4.69, 9.17) is 10.5 Å². The Morgan fingerprint density at radius 2 is 1.95 bits per heavy atom. The van der Waals surface area contributed by atoms with Gasteiger partial charge in [-0.05, 0) is 57.4 Å². The monoisotopic (exact) mass is 314 g/mol. The van der Waals surface area contributed by atoms with E-state index in [0.29, 0.717) is 26.0 Å². The van der Waals surface area contributed by atoms with E-state index >= 15 is 0 Å². The van der Waals surface area contributed by atoms with E-state index in [1.54, 1.807) is 0 Å². The fourth-order valence-corrected chi connectivity index (χ4v) is 1.72. The van der Waals surface area contributed by atoms with E-state index in [0.717, 1.165) is 5.75 Å². The predicted octanol–water partition coefficient (Wildman–Crippen LogP) is 2.74. The minimum Gasteiger partial charge on any atom is -0.494 e. The van der Waals surface area contributed by atoms with E-state index in [1.165, 1.54) is 11.1 Å². The first-order valence-electron chi connectivity index (χ1n) is 7.05. The number of ether oxygens (including phenoxy) is 1. The topological polar surface area (TPSA) is 64.3 Å². The zero-order valence-electron chi connectivity index (χ0n) is 13.4. The molecule has 0 unspecified atom stereocenters. The zero-order chi connectivity index (χ0) is 15.2. The fourth-order valence-electron chi connectivity index (χ4n) is 1.72. The molecule has 120 valence electrons. The van der Waals surface area contributed by atoms with Crippen molar-refractivity contribution in [1.29, 1.82) is 0 Å². The number of rotatable bonds is 7. The molecular weight excluding hydrogens is 288 g/mol. The second-order valence-corrected chi connectivity index (χ2v) is 5.83. The van der Waals surface area contributed by atoms with Gasteiger partial charge in [-0.3, -0.25) is 4.79 Å². The van der Waals surface area contributed by atoms with Gasteiger partial charge in [-0.1, -0.05) is 6.07 Å². The highest BCUT2D eigenvalue weighted by atomic mass is 35.5. The number of aryl methyl sites for hydroxylation is 2. The van der Waals surface area contributed by atoms with Crippen molar-refractivity contribution in [1.82, 2.24) is 5.32 Å². The van der Waals surface area contributed by atoms with Crippen LogP contribution in [-0.4, -0.2) is 24.6 Å². The molecule has 0 radical (unpaired) electrons. The molecule has 0 aliphatic carbocycles. The van der Waals surface area contributed by atoms with Gasteiger partial charge in [0.05, 0.1) is 6.61 Å². The van der Waals surface area contributed by atoms with Gasteiger partial charge >= 0.3 is 0 Å². The standard InChI is InChI=1S/C16H26N2O2.ClH/c1-12-7-8-14(10-13(12)2)20-9-5-6-15(19)18-16(3,4)11-17;/h7-8,10H,5-6,9,11,17H2,1-4H3,(H,18,19);1H. The van der Waals surface area contributed by atoms with Gasteiger partial charge in [0.1, 0.15) is 5.75 Å². The molecule has 1 aromatic rings. The summed E-state index contributed by atoms with van der Waals surface area (Å²) in [4.78, 5) is 11.7. The number of hydrogen-bond acceptors (Lipinski definition) is 3. The van der Waals surface area contributed by atoms with Crippen LogP contribution in [0.2, 0.25) is 0 Å². The van der Waals surface area contributed by atoms with Gasteiger partial charge in [-0.25, -0.2) is 0 Å². The van der Waals surface area contributed by atoms with Crippen LogP contribution in [0.4, 0.5) is 0 Å². The molecular formula is C16H27ClN2O2. The van der Waals surface area contributed by atoms with Crippen LogP contribution in [0, 0.1) is 13.8 Å². The molecule has 1 aromatic carbocycles. The maximum absolute atomic E-state index is 11.7. The van der Waals surface area contributed by atoms with Gasteiger partial charge in [-0.15, -0.1) is 12.4 Å². The van der Waals surface area contributed by atoms with Crippen LogP contribution in [0.5, 0.6) is 5.75 Å². The summed E-state index contributed by atoms with van der Waals surface area (Å²) in [6.07, 6.45) is 1.15. The van der Waals surface area contributed by atoms with Crippen LogP contribution in [0.3, 0.4) is 0 Å². The fraction of sp³-hybridized carbons (Fsp3) is 0.562. The Bertz CT molecular complexity index is 462. The third-order valence-electron chi connectivity index (χ3n) is 3.28. The molecule has 0 saturated carbocycles. The quantitative estimate of drug-likeness (QED) is 0.761. The second-order valence-electron chi connectivity index (χ2n) is 5.83. The first-order chi connectivity index (χ1) is 9.34. The van der Waals surface area contributed by atoms with Crippen LogP contribution in [0.25, 0.3) is 0 Å². The molecule has 0 heterocycles. The van der Waals surface area contributed by atoms with Crippen LogP contribution in [0.15, 0.2) is 18.2 Å². The molecule has 5 heteroatoms. The van der Waals surface area contributed by atoms with Gasteiger partial charge < -0.3 is 15.8 Å². The molecule has 0 saturated heterocycles. The van der Waals surface area contributed by atoms with E-state index in [-0.39, 0.29) is 23.9 Å². The van der Waals surface area contributed by atoms with E-state index < -0.39 is 0 Å². The van der Waals surface area contributed by atoms with Crippen LogP contribution >= 0.6 is 12.4 Å². The summed E-state index contributed by atoms with van der Waals surface area (Å²) in [7, 11) is 0. The average Bonchev–Trinajstić information content (AvgIpc) is 2.38. The number of carbonyl (C=O) groups excluding carboxylic acids is 1. The minimum absolute atomic E-state index is 0. The van der Waals surface area contributed by atoms with Crippen molar-refractivity contribution in [2.75, 3.05) is 13.2 Å². The molecule has 1 amide bonds. The second kappa shape index (κ2) is 8.90. The smallest absolute Gasteiger partial charge is 0.220 e. The van der Waals surface area contributed by atoms with Crippen molar-refractivity contribution in [3.05, 3.63) is 29.3 Å². The number of halogens is 1. The van der Waals surface area contributed by atoms with Gasteiger partial charge in [-0.2, -0.15) is 0 Å². The Balaban J connectivity index is 0.00000400. The molecule has 21 heavy (non-hydrogen) atoms. The lowest BCUT2D eigenvalue weighted by Gasteiger charge is -2.24. The maximum atomic E-state index is 11.7. The van der Waals surface area contributed by atoms with E-state index in [1.807, 2.05) is 32.0 Å². The molecule has 0 aromatic heterocycles. The normalized spacial score (nSPS) is 10.7. The molecule has 0 aliphatic heterocycles. The lowest BCUT2D eigenvalue weighted by Crippen LogP contribution is -2.48. The van der Waals surface area contributed by atoms with Gasteiger partial charge in [0.2, 0.25) is 5.91 Å². The number of carbonyl (C=O) groups is 1. The van der Waals surface area contributed by atoms with Crippen molar-refractivity contribution in [2.24, 2.45) is 5.73 Å². The van der Waals surface area contributed by atoms with Gasteiger partial charge in [0, 0.05) is 18.5 Å². The summed E-state index contributed by atoms with van der Waals surface area (Å²) in [5.74, 6) is 0.875. The number of nitrogens with two attached hydrogens (primary N) is 1. The Morgan fingerprint density at radius 3 is 2.52 bits per heavy atom. The van der Waals surface area contributed by atoms with Crippen LogP contribution in [0.1, 0.15) is 37.8 Å². The lowest BCUT2D eigenvalue weighted by molar-refractivity contribution is -0.122. The third-order valence-corrected chi connectivity index (χ3v) is 3.28. The highest BCUT2D eigenvalue weighted by Crippen LogP contribution is 2.16. The largest absolute Gasteiger partial charge is 0.494 e. The zero-order valence-corrected chi connectivity index (χ0v) is 14.2. The van der Waals surface area contributed by atoms with Crippen LogP contribution in [-0.2, 0) is 4.79 Å². The van der Waals surface area contributed by atoms with Gasteiger partial charge in [0.25, 0.3) is 0 Å². The van der Waals surface area contributed by atoms with Crippen LogP contribution < -0.4 is 15.8 Å². The molecule has 0 atom stereocenters. The summed E-state index contributed by atoms with van der Waals surface area (Å²) in [5, 5.41) is 2.90. The molecule has 4 nitrogen and oxygen atoms in total.